The molecule has 0 radical (unpaired) electrons. The average molecular weight is 263 g/mol. The molecule has 2 aromatic rings. The summed E-state index contributed by atoms with van der Waals surface area (Å²) in [5, 5.41) is 6.44. The third-order valence-electron chi connectivity index (χ3n) is 2.52. The molecule has 5 nitrogen and oxygen atoms in total. The molecule has 0 aromatic carbocycles. The van der Waals surface area contributed by atoms with Crippen molar-refractivity contribution in [1.29, 1.82) is 0 Å². The Kier molecular flexibility index (Phi) is 4.49. The van der Waals surface area contributed by atoms with Gasteiger partial charge in [0.1, 0.15) is 18.0 Å². The van der Waals surface area contributed by atoms with Crippen LogP contribution in [0.25, 0.3) is 0 Å². The number of thiophene rings is 1. The van der Waals surface area contributed by atoms with E-state index in [1.807, 2.05) is 29.5 Å². The monoisotopic (exact) mass is 263 g/mol. The molecule has 2 aromatic heterocycles. The van der Waals surface area contributed by atoms with Gasteiger partial charge in [0.05, 0.1) is 5.00 Å². The number of nitrogens with zero attached hydrogens (tertiary/aromatic N) is 3. The molecular weight excluding hydrogens is 246 g/mol. The summed E-state index contributed by atoms with van der Waals surface area (Å²) in [5.41, 5.74) is 5.46. The second-order valence-electron chi connectivity index (χ2n) is 3.84. The van der Waals surface area contributed by atoms with E-state index in [1.165, 1.54) is 0 Å². The number of nitrogens with one attached hydrogen (secondary N) is 1. The summed E-state index contributed by atoms with van der Waals surface area (Å²) in [5.74, 6) is 1.71. The lowest BCUT2D eigenvalue weighted by Gasteiger charge is -2.16. The zero-order valence-electron chi connectivity index (χ0n) is 10.3. The first-order valence-electron chi connectivity index (χ1n) is 5.84. The van der Waals surface area contributed by atoms with E-state index in [9.17, 15) is 0 Å². The van der Waals surface area contributed by atoms with Gasteiger partial charge in [-0.3, -0.25) is 0 Å². The van der Waals surface area contributed by atoms with Crippen molar-refractivity contribution in [3.8, 4) is 0 Å². The maximum absolute atomic E-state index is 5.46. The molecule has 2 heterocycles. The summed E-state index contributed by atoms with van der Waals surface area (Å²) in [6, 6.07) is 6.03. The van der Waals surface area contributed by atoms with Gasteiger partial charge in [-0.1, -0.05) is 0 Å². The lowest BCUT2D eigenvalue weighted by atomic mass is 10.4. The van der Waals surface area contributed by atoms with Crippen LogP contribution in [0.1, 0.15) is 6.42 Å². The smallest absolute Gasteiger partial charge is 0.138 e. The van der Waals surface area contributed by atoms with Crippen molar-refractivity contribution in [3.05, 3.63) is 29.9 Å². The molecular formula is C12H17N5S. The fraction of sp³-hybridized carbons (Fsp3) is 0.333. The first kappa shape index (κ1) is 12.8. The molecule has 2 rings (SSSR count). The fourth-order valence-electron chi connectivity index (χ4n) is 1.52. The highest BCUT2D eigenvalue weighted by atomic mass is 32.1. The van der Waals surface area contributed by atoms with E-state index in [1.54, 1.807) is 17.7 Å². The van der Waals surface area contributed by atoms with Crippen LogP contribution in [0.3, 0.4) is 0 Å². The zero-order valence-corrected chi connectivity index (χ0v) is 11.2. The summed E-state index contributed by atoms with van der Waals surface area (Å²) in [6.45, 7) is 1.51. The molecule has 0 aliphatic carbocycles. The predicted molar refractivity (Wildman–Crippen MR) is 76.6 cm³/mol. The Bertz CT molecular complexity index is 471. The highest BCUT2D eigenvalue weighted by Crippen LogP contribution is 2.26. The summed E-state index contributed by atoms with van der Waals surface area (Å²) in [7, 11) is 2.00. The highest BCUT2D eigenvalue weighted by molar-refractivity contribution is 7.14. The van der Waals surface area contributed by atoms with Gasteiger partial charge in [0.15, 0.2) is 0 Å². The molecule has 18 heavy (non-hydrogen) atoms. The lowest BCUT2D eigenvalue weighted by Crippen LogP contribution is -2.12. The van der Waals surface area contributed by atoms with Gasteiger partial charge < -0.3 is 16.0 Å². The van der Waals surface area contributed by atoms with Crippen LogP contribution < -0.4 is 16.0 Å². The van der Waals surface area contributed by atoms with E-state index in [4.69, 9.17) is 5.73 Å². The van der Waals surface area contributed by atoms with Gasteiger partial charge in [-0.2, -0.15) is 0 Å². The quantitative estimate of drug-likeness (QED) is 0.781. The number of hydrogen-bond donors (Lipinski definition) is 2. The molecule has 0 atom stereocenters. The maximum Gasteiger partial charge on any atom is 0.138 e. The van der Waals surface area contributed by atoms with Gasteiger partial charge in [0.2, 0.25) is 0 Å². The second kappa shape index (κ2) is 6.32. The van der Waals surface area contributed by atoms with Crippen molar-refractivity contribution < 1.29 is 0 Å². The van der Waals surface area contributed by atoms with Gasteiger partial charge in [-0.05, 0) is 30.5 Å². The number of aromatic nitrogens is 2. The molecule has 3 N–H and O–H groups in total. The summed E-state index contributed by atoms with van der Waals surface area (Å²) in [6.07, 6.45) is 2.50. The molecule has 0 amide bonds. The summed E-state index contributed by atoms with van der Waals surface area (Å²) < 4.78 is 0. The minimum atomic E-state index is 0.681. The molecule has 0 bridgehead atoms. The van der Waals surface area contributed by atoms with Crippen LogP contribution in [0.2, 0.25) is 0 Å². The fourth-order valence-corrected chi connectivity index (χ4v) is 2.22. The van der Waals surface area contributed by atoms with Crippen LogP contribution in [0.5, 0.6) is 0 Å². The van der Waals surface area contributed by atoms with E-state index in [0.717, 1.165) is 29.6 Å². The van der Waals surface area contributed by atoms with Crippen molar-refractivity contribution in [3.63, 3.8) is 0 Å². The van der Waals surface area contributed by atoms with Gasteiger partial charge in [-0.25, -0.2) is 9.97 Å². The third kappa shape index (κ3) is 3.18. The number of anilines is 3. The number of nitrogens with two attached hydrogens (primary N) is 1. The predicted octanol–water partition coefficient (Wildman–Crippen LogP) is 2.07. The zero-order chi connectivity index (χ0) is 12.8. The van der Waals surface area contributed by atoms with E-state index in [0.29, 0.717) is 6.54 Å². The maximum atomic E-state index is 5.46. The van der Waals surface area contributed by atoms with Gasteiger partial charge in [-0.15, -0.1) is 11.3 Å². The van der Waals surface area contributed by atoms with Crippen LogP contribution in [-0.2, 0) is 0 Å². The Morgan fingerprint density at radius 3 is 3.06 bits per heavy atom. The molecule has 0 saturated heterocycles. The largest absolute Gasteiger partial charge is 0.370 e. The number of rotatable bonds is 6. The van der Waals surface area contributed by atoms with Crippen LogP contribution in [0, 0.1) is 0 Å². The van der Waals surface area contributed by atoms with Gasteiger partial charge >= 0.3 is 0 Å². The highest BCUT2D eigenvalue weighted by Gasteiger charge is 2.07. The first-order chi connectivity index (χ1) is 8.81. The van der Waals surface area contributed by atoms with Gasteiger partial charge in [0.25, 0.3) is 0 Å². The minimum absolute atomic E-state index is 0.681. The van der Waals surface area contributed by atoms with Crippen LogP contribution in [0.4, 0.5) is 16.6 Å². The average Bonchev–Trinajstić information content (AvgIpc) is 2.92. The second-order valence-corrected chi connectivity index (χ2v) is 4.77. The van der Waals surface area contributed by atoms with E-state index in [2.05, 4.69) is 21.4 Å². The normalized spacial score (nSPS) is 10.3. The van der Waals surface area contributed by atoms with Crippen molar-refractivity contribution in [2.75, 3.05) is 30.4 Å². The lowest BCUT2D eigenvalue weighted by molar-refractivity contribution is 0.868. The minimum Gasteiger partial charge on any atom is -0.370 e. The Morgan fingerprint density at radius 2 is 2.33 bits per heavy atom. The Balaban J connectivity index is 2.07. The Hall–Kier alpha value is -1.66. The molecule has 0 aliphatic rings. The summed E-state index contributed by atoms with van der Waals surface area (Å²) >= 11 is 1.68. The molecule has 0 spiro atoms. The van der Waals surface area contributed by atoms with E-state index < -0.39 is 0 Å². The van der Waals surface area contributed by atoms with Crippen molar-refractivity contribution in [2.45, 2.75) is 6.42 Å². The molecule has 0 aliphatic heterocycles. The Morgan fingerprint density at radius 1 is 1.44 bits per heavy atom. The molecule has 0 fully saturated rings. The van der Waals surface area contributed by atoms with E-state index in [-0.39, 0.29) is 0 Å². The first-order valence-corrected chi connectivity index (χ1v) is 6.72. The Labute approximate surface area is 111 Å². The molecule has 0 unspecified atom stereocenters. The molecule has 96 valence electrons. The number of hydrogen-bond acceptors (Lipinski definition) is 6. The molecule has 0 saturated carbocycles. The SMILES string of the molecule is CN(c1cc(NCCCN)ncn1)c1cccs1. The summed E-state index contributed by atoms with van der Waals surface area (Å²) in [4.78, 5) is 10.5. The van der Waals surface area contributed by atoms with Crippen LogP contribution in [0.15, 0.2) is 29.9 Å². The van der Waals surface area contributed by atoms with Crippen LogP contribution in [-0.4, -0.2) is 30.1 Å². The standard InChI is InChI=1S/C12H17N5S/c1-17(12-4-2-7-18-12)11-8-10(15-9-16-11)14-6-3-5-13/h2,4,7-9H,3,5-6,13H2,1H3,(H,14,15,16). The third-order valence-corrected chi connectivity index (χ3v) is 3.46. The van der Waals surface area contributed by atoms with Gasteiger partial charge in [0, 0.05) is 19.7 Å². The van der Waals surface area contributed by atoms with Crippen LogP contribution >= 0.6 is 11.3 Å². The molecule has 6 heteroatoms. The topological polar surface area (TPSA) is 67.1 Å². The van der Waals surface area contributed by atoms with Crippen molar-refractivity contribution in [1.82, 2.24) is 9.97 Å². The van der Waals surface area contributed by atoms with Crippen molar-refractivity contribution >= 4 is 28.0 Å². The van der Waals surface area contributed by atoms with E-state index >= 15 is 0 Å². The van der Waals surface area contributed by atoms with Crippen molar-refractivity contribution in [2.24, 2.45) is 5.73 Å².